The molecule has 2 N–H and O–H groups in total. The highest BCUT2D eigenvalue weighted by Crippen LogP contribution is 2.22. The minimum Gasteiger partial charge on any atom is -0.481 e. The van der Waals surface area contributed by atoms with E-state index in [0.717, 1.165) is 25.9 Å². The number of hydrogen-bond acceptors (Lipinski definition) is 5. The number of nitrogens with zero attached hydrogens (tertiary/aromatic N) is 2. The first-order valence-corrected chi connectivity index (χ1v) is 5.58. The molecule has 0 aliphatic carbocycles. The molecular formula is C11H18N4O. The summed E-state index contributed by atoms with van der Waals surface area (Å²) >= 11 is 0. The van der Waals surface area contributed by atoms with E-state index in [9.17, 15) is 0 Å². The van der Waals surface area contributed by atoms with Gasteiger partial charge in [-0.15, -0.1) is 0 Å². The summed E-state index contributed by atoms with van der Waals surface area (Å²) in [6.45, 7) is 4.28. The van der Waals surface area contributed by atoms with Crippen LogP contribution < -0.4 is 15.4 Å². The van der Waals surface area contributed by atoms with Crippen LogP contribution in [0.15, 0.2) is 12.3 Å². The standard InChI is InChI=1S/C11H18N4O/c1-11(4-7-12-8-5-11)15-10-13-6-3-9(14-10)16-2/h3,6,12H,4-5,7-8H2,1-2H3,(H,13,14,15). The van der Waals surface area contributed by atoms with Crippen LogP contribution in [-0.2, 0) is 0 Å². The van der Waals surface area contributed by atoms with E-state index in [4.69, 9.17) is 4.74 Å². The molecule has 1 aromatic rings. The van der Waals surface area contributed by atoms with Gasteiger partial charge in [0.25, 0.3) is 0 Å². The van der Waals surface area contributed by atoms with Crippen molar-refractivity contribution in [3.63, 3.8) is 0 Å². The van der Waals surface area contributed by atoms with Gasteiger partial charge in [0.2, 0.25) is 11.8 Å². The molecule has 0 bridgehead atoms. The second-order valence-corrected chi connectivity index (χ2v) is 4.36. The monoisotopic (exact) mass is 222 g/mol. The van der Waals surface area contributed by atoms with E-state index in [1.54, 1.807) is 19.4 Å². The fourth-order valence-electron chi connectivity index (χ4n) is 1.89. The number of anilines is 1. The predicted octanol–water partition coefficient (Wildman–Crippen LogP) is 1.04. The average molecular weight is 222 g/mol. The van der Waals surface area contributed by atoms with Crippen molar-refractivity contribution in [2.45, 2.75) is 25.3 Å². The molecule has 88 valence electrons. The minimum absolute atomic E-state index is 0.0810. The predicted molar refractivity (Wildman–Crippen MR) is 62.7 cm³/mol. The molecule has 5 heteroatoms. The summed E-state index contributed by atoms with van der Waals surface area (Å²) in [6, 6.07) is 1.75. The highest BCUT2D eigenvalue weighted by atomic mass is 16.5. The Hall–Kier alpha value is -1.36. The second-order valence-electron chi connectivity index (χ2n) is 4.36. The first kappa shape index (κ1) is 11.1. The van der Waals surface area contributed by atoms with Crippen LogP contribution in [0.1, 0.15) is 19.8 Å². The summed E-state index contributed by atoms with van der Waals surface area (Å²) in [5.74, 6) is 1.23. The Morgan fingerprint density at radius 1 is 1.44 bits per heavy atom. The Labute approximate surface area is 95.6 Å². The van der Waals surface area contributed by atoms with Crippen LogP contribution in [0.4, 0.5) is 5.95 Å². The lowest BCUT2D eigenvalue weighted by molar-refractivity contribution is 0.361. The van der Waals surface area contributed by atoms with E-state index in [2.05, 4.69) is 27.5 Å². The Balaban J connectivity index is 2.07. The van der Waals surface area contributed by atoms with Crippen molar-refractivity contribution in [1.29, 1.82) is 0 Å². The molecule has 0 amide bonds. The fourth-order valence-corrected chi connectivity index (χ4v) is 1.89. The SMILES string of the molecule is COc1ccnc(NC2(C)CCNCC2)n1. The van der Waals surface area contributed by atoms with Gasteiger partial charge in [-0.05, 0) is 32.9 Å². The molecule has 0 aromatic carbocycles. The molecule has 1 saturated heterocycles. The van der Waals surface area contributed by atoms with E-state index in [0.29, 0.717) is 11.8 Å². The van der Waals surface area contributed by atoms with Gasteiger partial charge in [0, 0.05) is 17.8 Å². The molecule has 1 aliphatic heterocycles. The Morgan fingerprint density at radius 2 is 2.19 bits per heavy atom. The first-order valence-electron chi connectivity index (χ1n) is 5.58. The zero-order valence-electron chi connectivity index (χ0n) is 9.79. The summed E-state index contributed by atoms with van der Waals surface area (Å²) < 4.78 is 5.07. The molecule has 1 fully saturated rings. The third-order valence-corrected chi connectivity index (χ3v) is 2.96. The summed E-state index contributed by atoms with van der Waals surface area (Å²) in [7, 11) is 1.61. The van der Waals surface area contributed by atoms with Gasteiger partial charge in [0.05, 0.1) is 7.11 Å². The van der Waals surface area contributed by atoms with Crippen LogP contribution in [-0.4, -0.2) is 35.7 Å². The summed E-state index contributed by atoms with van der Waals surface area (Å²) in [5, 5.41) is 6.73. The van der Waals surface area contributed by atoms with Gasteiger partial charge in [-0.3, -0.25) is 0 Å². The number of nitrogens with one attached hydrogen (secondary N) is 2. The highest BCUT2D eigenvalue weighted by Gasteiger charge is 2.27. The van der Waals surface area contributed by atoms with Gasteiger partial charge in [-0.25, -0.2) is 4.98 Å². The van der Waals surface area contributed by atoms with E-state index in [1.165, 1.54) is 0 Å². The fraction of sp³-hybridized carbons (Fsp3) is 0.636. The number of hydrogen-bond donors (Lipinski definition) is 2. The smallest absolute Gasteiger partial charge is 0.226 e. The van der Waals surface area contributed by atoms with Gasteiger partial charge in [-0.1, -0.05) is 0 Å². The van der Waals surface area contributed by atoms with Gasteiger partial charge in [-0.2, -0.15) is 4.98 Å². The summed E-state index contributed by atoms with van der Waals surface area (Å²) in [6.07, 6.45) is 3.86. The maximum absolute atomic E-state index is 5.07. The number of piperidine rings is 1. The highest BCUT2D eigenvalue weighted by molar-refractivity contribution is 5.31. The number of methoxy groups -OCH3 is 1. The topological polar surface area (TPSA) is 59.1 Å². The largest absolute Gasteiger partial charge is 0.481 e. The minimum atomic E-state index is 0.0810. The second kappa shape index (κ2) is 4.65. The lowest BCUT2D eigenvalue weighted by Crippen LogP contribution is -2.45. The van der Waals surface area contributed by atoms with Gasteiger partial charge in [0.1, 0.15) is 0 Å². The zero-order chi connectivity index (χ0) is 11.4. The molecule has 0 radical (unpaired) electrons. The maximum Gasteiger partial charge on any atom is 0.226 e. The van der Waals surface area contributed by atoms with Gasteiger partial charge in [0.15, 0.2) is 0 Å². The Morgan fingerprint density at radius 3 is 2.88 bits per heavy atom. The molecule has 0 saturated carbocycles. The van der Waals surface area contributed by atoms with Crippen LogP contribution in [0.3, 0.4) is 0 Å². The summed E-state index contributed by atoms with van der Waals surface area (Å²) in [4.78, 5) is 8.47. The molecule has 1 aliphatic rings. The Kier molecular flexibility index (Phi) is 3.24. The van der Waals surface area contributed by atoms with Crippen molar-refractivity contribution < 1.29 is 4.74 Å². The van der Waals surface area contributed by atoms with Crippen molar-refractivity contribution in [2.24, 2.45) is 0 Å². The van der Waals surface area contributed by atoms with Crippen molar-refractivity contribution in [3.8, 4) is 5.88 Å². The number of rotatable bonds is 3. The Bertz CT molecular complexity index is 350. The lowest BCUT2D eigenvalue weighted by atomic mass is 9.91. The van der Waals surface area contributed by atoms with Crippen LogP contribution in [0.5, 0.6) is 5.88 Å². The van der Waals surface area contributed by atoms with Gasteiger partial charge >= 0.3 is 0 Å². The van der Waals surface area contributed by atoms with E-state index >= 15 is 0 Å². The first-order chi connectivity index (χ1) is 7.72. The molecular weight excluding hydrogens is 204 g/mol. The van der Waals surface area contributed by atoms with Crippen LogP contribution in [0.25, 0.3) is 0 Å². The van der Waals surface area contributed by atoms with Crippen LogP contribution in [0.2, 0.25) is 0 Å². The quantitative estimate of drug-likeness (QED) is 0.800. The zero-order valence-corrected chi connectivity index (χ0v) is 9.79. The molecule has 2 rings (SSSR count). The number of ether oxygens (including phenoxy) is 1. The maximum atomic E-state index is 5.07. The van der Waals surface area contributed by atoms with Crippen LogP contribution in [0, 0.1) is 0 Å². The molecule has 1 aromatic heterocycles. The third kappa shape index (κ3) is 2.61. The van der Waals surface area contributed by atoms with Crippen molar-refractivity contribution in [1.82, 2.24) is 15.3 Å². The molecule has 5 nitrogen and oxygen atoms in total. The van der Waals surface area contributed by atoms with E-state index in [1.807, 2.05) is 0 Å². The van der Waals surface area contributed by atoms with Crippen LogP contribution >= 0.6 is 0 Å². The number of aromatic nitrogens is 2. The summed E-state index contributed by atoms with van der Waals surface area (Å²) in [5.41, 5.74) is 0.0810. The molecule has 16 heavy (non-hydrogen) atoms. The average Bonchev–Trinajstić information content (AvgIpc) is 2.29. The molecule has 2 heterocycles. The van der Waals surface area contributed by atoms with E-state index < -0.39 is 0 Å². The van der Waals surface area contributed by atoms with Crippen molar-refractivity contribution in [3.05, 3.63) is 12.3 Å². The molecule has 0 atom stereocenters. The third-order valence-electron chi connectivity index (χ3n) is 2.96. The van der Waals surface area contributed by atoms with Crippen molar-refractivity contribution in [2.75, 3.05) is 25.5 Å². The van der Waals surface area contributed by atoms with E-state index in [-0.39, 0.29) is 5.54 Å². The van der Waals surface area contributed by atoms with Crippen molar-refractivity contribution >= 4 is 5.95 Å². The molecule has 0 spiro atoms. The van der Waals surface area contributed by atoms with Gasteiger partial charge < -0.3 is 15.4 Å². The normalized spacial score (nSPS) is 19.1. The lowest BCUT2D eigenvalue weighted by Gasteiger charge is -2.34. The molecule has 0 unspecified atom stereocenters.